The van der Waals surface area contributed by atoms with Gasteiger partial charge < -0.3 is 5.32 Å². The minimum absolute atomic E-state index is 0.138. The van der Waals surface area contributed by atoms with Crippen LogP contribution in [0.3, 0.4) is 0 Å². The molecule has 1 aromatic rings. The van der Waals surface area contributed by atoms with E-state index in [0.29, 0.717) is 12.6 Å². The first kappa shape index (κ1) is 7.79. The third-order valence-electron chi connectivity index (χ3n) is 2.63. The van der Waals surface area contributed by atoms with Crippen molar-refractivity contribution in [1.82, 2.24) is 4.98 Å². The third kappa shape index (κ3) is 1.07. The van der Waals surface area contributed by atoms with E-state index in [1.165, 1.54) is 0 Å². The summed E-state index contributed by atoms with van der Waals surface area (Å²) in [7, 11) is 0. The quantitative estimate of drug-likeness (QED) is 0.717. The second-order valence-electron chi connectivity index (χ2n) is 3.72. The molecular formula is C10H11N3O. The lowest BCUT2D eigenvalue weighted by Gasteiger charge is -2.28. The Morgan fingerprint density at radius 2 is 2.36 bits per heavy atom. The summed E-state index contributed by atoms with van der Waals surface area (Å²) >= 11 is 0. The summed E-state index contributed by atoms with van der Waals surface area (Å²) in [5.74, 6) is 0.935. The van der Waals surface area contributed by atoms with Gasteiger partial charge in [-0.15, -0.1) is 0 Å². The molecule has 1 amide bonds. The maximum absolute atomic E-state index is 11.7. The molecule has 14 heavy (non-hydrogen) atoms. The zero-order valence-corrected chi connectivity index (χ0v) is 7.73. The number of hydrogen-bond donors (Lipinski definition) is 1. The fraction of sp³-hybridized carbons (Fsp3) is 0.400. The molecule has 1 N–H and O–H groups in total. The largest absolute Gasteiger partial charge is 0.373 e. The molecule has 0 aromatic carbocycles. The molecule has 0 spiro atoms. The van der Waals surface area contributed by atoms with Gasteiger partial charge in [-0.1, -0.05) is 0 Å². The molecule has 4 nitrogen and oxygen atoms in total. The summed E-state index contributed by atoms with van der Waals surface area (Å²) in [5, 5.41) is 3.07. The predicted molar refractivity (Wildman–Crippen MR) is 53.2 cm³/mol. The highest BCUT2D eigenvalue weighted by Crippen LogP contribution is 2.36. The smallest absolute Gasteiger partial charge is 0.247 e. The van der Waals surface area contributed by atoms with Crippen LogP contribution in [0.15, 0.2) is 18.3 Å². The molecule has 1 aliphatic carbocycles. The average molecular weight is 189 g/mol. The highest BCUT2D eigenvalue weighted by Gasteiger charge is 2.37. The summed E-state index contributed by atoms with van der Waals surface area (Å²) < 4.78 is 0. The van der Waals surface area contributed by atoms with E-state index < -0.39 is 0 Å². The van der Waals surface area contributed by atoms with Crippen molar-refractivity contribution >= 4 is 17.4 Å². The van der Waals surface area contributed by atoms with Crippen LogP contribution in [-0.2, 0) is 4.79 Å². The Kier molecular flexibility index (Phi) is 1.50. The number of aromatic nitrogens is 1. The molecule has 1 fully saturated rings. The van der Waals surface area contributed by atoms with Gasteiger partial charge in [-0.25, -0.2) is 4.98 Å². The van der Waals surface area contributed by atoms with E-state index in [4.69, 9.17) is 0 Å². The molecule has 1 aromatic heterocycles. The zero-order chi connectivity index (χ0) is 9.54. The van der Waals surface area contributed by atoms with Crippen molar-refractivity contribution in [3.63, 3.8) is 0 Å². The van der Waals surface area contributed by atoms with Crippen LogP contribution < -0.4 is 10.2 Å². The molecule has 1 aliphatic heterocycles. The fourth-order valence-electron chi connectivity index (χ4n) is 1.81. The maximum atomic E-state index is 11.7. The van der Waals surface area contributed by atoms with Crippen molar-refractivity contribution < 1.29 is 4.79 Å². The van der Waals surface area contributed by atoms with Gasteiger partial charge in [-0.2, -0.15) is 0 Å². The Balaban J connectivity index is 2.06. The summed E-state index contributed by atoms with van der Waals surface area (Å²) in [4.78, 5) is 17.8. The molecule has 0 atom stereocenters. The minimum atomic E-state index is 0.138. The number of pyridine rings is 1. The van der Waals surface area contributed by atoms with E-state index in [1.807, 2.05) is 17.0 Å². The Hall–Kier alpha value is -1.58. The number of rotatable bonds is 1. The fourth-order valence-corrected chi connectivity index (χ4v) is 1.81. The topological polar surface area (TPSA) is 45.2 Å². The zero-order valence-electron chi connectivity index (χ0n) is 7.73. The van der Waals surface area contributed by atoms with Crippen LogP contribution in [0.25, 0.3) is 0 Å². The van der Waals surface area contributed by atoms with Gasteiger partial charge in [0.25, 0.3) is 0 Å². The first-order valence-corrected chi connectivity index (χ1v) is 4.87. The molecular weight excluding hydrogens is 178 g/mol. The molecule has 4 heteroatoms. The first-order valence-electron chi connectivity index (χ1n) is 4.87. The van der Waals surface area contributed by atoms with E-state index >= 15 is 0 Å². The second kappa shape index (κ2) is 2.70. The summed E-state index contributed by atoms with van der Waals surface area (Å²) in [6.07, 6.45) is 3.96. The molecule has 0 radical (unpaired) electrons. The van der Waals surface area contributed by atoms with Crippen molar-refractivity contribution in [3.8, 4) is 0 Å². The molecule has 0 unspecified atom stereocenters. The molecule has 3 rings (SSSR count). The molecule has 1 saturated carbocycles. The summed E-state index contributed by atoms with van der Waals surface area (Å²) in [6.45, 7) is 0.398. The Morgan fingerprint density at radius 1 is 1.50 bits per heavy atom. The van der Waals surface area contributed by atoms with Gasteiger partial charge in [-0.05, 0) is 25.0 Å². The van der Waals surface area contributed by atoms with E-state index in [9.17, 15) is 4.79 Å². The van der Waals surface area contributed by atoms with E-state index in [-0.39, 0.29) is 5.91 Å². The van der Waals surface area contributed by atoms with Crippen LogP contribution >= 0.6 is 0 Å². The van der Waals surface area contributed by atoms with E-state index in [1.54, 1.807) is 6.20 Å². The van der Waals surface area contributed by atoms with Crippen LogP contribution in [0.2, 0.25) is 0 Å². The van der Waals surface area contributed by atoms with Crippen molar-refractivity contribution in [2.45, 2.75) is 18.9 Å². The van der Waals surface area contributed by atoms with Crippen LogP contribution in [0, 0.1) is 0 Å². The van der Waals surface area contributed by atoms with Crippen LogP contribution in [0.1, 0.15) is 12.8 Å². The lowest BCUT2D eigenvalue weighted by Crippen LogP contribution is -2.41. The second-order valence-corrected chi connectivity index (χ2v) is 3.72. The van der Waals surface area contributed by atoms with Crippen LogP contribution in [-0.4, -0.2) is 23.5 Å². The van der Waals surface area contributed by atoms with Gasteiger partial charge in [-0.3, -0.25) is 9.69 Å². The number of carbonyl (C=O) groups is 1. The van der Waals surface area contributed by atoms with Crippen LogP contribution in [0.5, 0.6) is 0 Å². The Bertz CT molecular complexity index is 387. The lowest BCUT2D eigenvalue weighted by atomic mass is 10.2. The van der Waals surface area contributed by atoms with Crippen molar-refractivity contribution in [2.75, 3.05) is 16.8 Å². The van der Waals surface area contributed by atoms with Gasteiger partial charge >= 0.3 is 0 Å². The average Bonchev–Trinajstić information content (AvgIpc) is 3.01. The van der Waals surface area contributed by atoms with Gasteiger partial charge in [0.1, 0.15) is 0 Å². The van der Waals surface area contributed by atoms with E-state index in [0.717, 1.165) is 24.3 Å². The van der Waals surface area contributed by atoms with Crippen molar-refractivity contribution in [1.29, 1.82) is 0 Å². The number of anilines is 2. The number of fused-ring (bicyclic) bond motifs is 1. The SMILES string of the molecule is O=C1CNc2cccnc2N1C1CC1. The number of nitrogens with zero attached hydrogens (tertiary/aromatic N) is 2. The van der Waals surface area contributed by atoms with Gasteiger partial charge in [0.15, 0.2) is 5.82 Å². The predicted octanol–water partition coefficient (Wildman–Crippen LogP) is 1.00. The molecule has 2 heterocycles. The highest BCUT2D eigenvalue weighted by molar-refractivity contribution is 6.02. The number of carbonyl (C=O) groups excluding carboxylic acids is 1. The Labute approximate surface area is 81.9 Å². The van der Waals surface area contributed by atoms with Crippen LogP contribution in [0.4, 0.5) is 11.5 Å². The maximum Gasteiger partial charge on any atom is 0.247 e. The van der Waals surface area contributed by atoms with Gasteiger partial charge in [0, 0.05) is 12.2 Å². The number of amides is 1. The molecule has 0 bridgehead atoms. The van der Waals surface area contributed by atoms with Gasteiger partial charge in [0.05, 0.1) is 12.2 Å². The summed E-state index contributed by atoms with van der Waals surface area (Å²) in [5.41, 5.74) is 0.971. The highest BCUT2D eigenvalue weighted by atomic mass is 16.2. The first-order chi connectivity index (χ1) is 6.86. The standard InChI is InChI=1S/C10H11N3O/c14-9-6-12-8-2-1-5-11-10(8)13(9)7-3-4-7/h1-2,5,7,12H,3-4,6H2. The number of hydrogen-bond acceptors (Lipinski definition) is 3. The molecule has 0 saturated heterocycles. The third-order valence-corrected chi connectivity index (χ3v) is 2.63. The minimum Gasteiger partial charge on any atom is -0.373 e. The Morgan fingerprint density at radius 3 is 3.14 bits per heavy atom. The monoisotopic (exact) mass is 189 g/mol. The normalized spacial score (nSPS) is 20.3. The van der Waals surface area contributed by atoms with Gasteiger partial charge in [0.2, 0.25) is 5.91 Å². The van der Waals surface area contributed by atoms with Crippen molar-refractivity contribution in [3.05, 3.63) is 18.3 Å². The molecule has 72 valence electrons. The number of nitrogens with one attached hydrogen (secondary N) is 1. The summed E-state index contributed by atoms with van der Waals surface area (Å²) in [6, 6.07) is 4.25. The van der Waals surface area contributed by atoms with E-state index in [2.05, 4.69) is 10.3 Å². The van der Waals surface area contributed by atoms with Crippen molar-refractivity contribution in [2.24, 2.45) is 0 Å². The molecule has 2 aliphatic rings. The lowest BCUT2D eigenvalue weighted by molar-refractivity contribution is -0.117.